The fourth-order valence-electron chi connectivity index (χ4n) is 3.62. The number of carbonyl (C=O) groups excluding carboxylic acids is 4. The van der Waals surface area contributed by atoms with Crippen LogP contribution >= 0.6 is 11.6 Å². The van der Waals surface area contributed by atoms with Gasteiger partial charge in [-0.25, -0.2) is 4.79 Å². The molecule has 29 heavy (non-hydrogen) atoms. The third-order valence-corrected chi connectivity index (χ3v) is 5.52. The number of halogens is 1. The molecule has 3 rings (SSSR count). The van der Waals surface area contributed by atoms with E-state index in [1.54, 1.807) is 12.1 Å². The second-order valence-corrected chi connectivity index (χ2v) is 7.65. The van der Waals surface area contributed by atoms with E-state index in [-0.39, 0.29) is 11.8 Å². The van der Waals surface area contributed by atoms with Crippen molar-refractivity contribution in [1.29, 1.82) is 0 Å². The Labute approximate surface area is 174 Å². The lowest BCUT2D eigenvalue weighted by Crippen LogP contribution is -2.45. The predicted octanol–water partition coefficient (Wildman–Crippen LogP) is 1.88. The quantitative estimate of drug-likeness (QED) is 0.414. The van der Waals surface area contributed by atoms with E-state index in [0.29, 0.717) is 30.8 Å². The number of ether oxygens (including phenoxy) is 1. The molecule has 1 aromatic rings. The van der Waals surface area contributed by atoms with E-state index in [0.717, 1.165) is 10.5 Å². The summed E-state index contributed by atoms with van der Waals surface area (Å²) in [6.45, 7) is 1.36. The van der Waals surface area contributed by atoms with Crippen molar-refractivity contribution in [2.24, 2.45) is 11.8 Å². The number of allylic oxidation sites excluding steroid dienone is 2. The minimum atomic E-state index is -1.05. The number of rotatable bonds is 7. The standard InChI is InChI=1S/C21H23ClN2O5/c1-13(24-19(26)16-4-2-3-5-17(16)20(24)27)21(28)29-12-18(25)23-11-10-14-6-8-15(22)9-7-14/h2-3,6-9,13,16-17H,4-5,10-12H2,1H3,(H,23,25)/t13-,16-,17-/m0/s1. The van der Waals surface area contributed by atoms with Gasteiger partial charge in [0.2, 0.25) is 11.8 Å². The van der Waals surface area contributed by atoms with Gasteiger partial charge in [-0.2, -0.15) is 0 Å². The van der Waals surface area contributed by atoms with Gasteiger partial charge in [0, 0.05) is 11.6 Å². The summed E-state index contributed by atoms with van der Waals surface area (Å²) >= 11 is 5.83. The number of benzene rings is 1. The zero-order valence-electron chi connectivity index (χ0n) is 16.1. The topological polar surface area (TPSA) is 92.8 Å². The van der Waals surface area contributed by atoms with Gasteiger partial charge in [-0.15, -0.1) is 0 Å². The van der Waals surface area contributed by atoms with Crippen LogP contribution in [0.25, 0.3) is 0 Å². The van der Waals surface area contributed by atoms with Crippen LogP contribution < -0.4 is 5.32 Å². The molecule has 1 saturated heterocycles. The zero-order valence-corrected chi connectivity index (χ0v) is 16.9. The monoisotopic (exact) mass is 418 g/mol. The minimum Gasteiger partial charge on any atom is -0.454 e. The molecule has 1 heterocycles. The summed E-state index contributed by atoms with van der Waals surface area (Å²) in [5.41, 5.74) is 1.02. The molecule has 0 aromatic heterocycles. The maximum absolute atomic E-state index is 12.5. The van der Waals surface area contributed by atoms with Gasteiger partial charge in [0.1, 0.15) is 6.04 Å². The van der Waals surface area contributed by atoms with Crippen molar-refractivity contribution in [1.82, 2.24) is 10.2 Å². The normalized spacial score (nSPS) is 21.7. The Morgan fingerprint density at radius 2 is 1.72 bits per heavy atom. The number of imide groups is 1. The molecule has 0 spiro atoms. The fraction of sp³-hybridized carbons (Fsp3) is 0.429. The van der Waals surface area contributed by atoms with Gasteiger partial charge in [-0.3, -0.25) is 19.3 Å². The molecule has 3 amide bonds. The van der Waals surface area contributed by atoms with Gasteiger partial charge in [-0.05, 0) is 43.9 Å². The van der Waals surface area contributed by atoms with E-state index in [1.807, 2.05) is 24.3 Å². The second-order valence-electron chi connectivity index (χ2n) is 7.21. The van der Waals surface area contributed by atoms with E-state index >= 15 is 0 Å². The highest BCUT2D eigenvalue weighted by Gasteiger charge is 2.50. The first-order chi connectivity index (χ1) is 13.9. The van der Waals surface area contributed by atoms with Crippen LogP contribution in [0, 0.1) is 11.8 Å². The first kappa shape index (κ1) is 21.0. The summed E-state index contributed by atoms with van der Waals surface area (Å²) in [6.07, 6.45) is 5.38. The van der Waals surface area contributed by atoms with Crippen LogP contribution in [0.1, 0.15) is 25.3 Å². The highest BCUT2D eigenvalue weighted by atomic mass is 35.5. The largest absolute Gasteiger partial charge is 0.454 e. The summed E-state index contributed by atoms with van der Waals surface area (Å²) < 4.78 is 5.02. The van der Waals surface area contributed by atoms with Gasteiger partial charge < -0.3 is 10.1 Å². The summed E-state index contributed by atoms with van der Waals surface area (Å²) in [4.78, 5) is 50.2. The number of carbonyl (C=O) groups is 4. The molecule has 1 N–H and O–H groups in total. The maximum Gasteiger partial charge on any atom is 0.329 e. The Bertz CT molecular complexity index is 810. The highest BCUT2D eigenvalue weighted by molar-refractivity contribution is 6.30. The lowest BCUT2D eigenvalue weighted by atomic mass is 9.85. The number of amides is 3. The molecule has 0 radical (unpaired) electrons. The van der Waals surface area contributed by atoms with Gasteiger partial charge in [-0.1, -0.05) is 35.9 Å². The van der Waals surface area contributed by atoms with Crippen LogP contribution in [0.4, 0.5) is 0 Å². The molecule has 2 aliphatic rings. The number of hydrogen-bond donors (Lipinski definition) is 1. The summed E-state index contributed by atoms with van der Waals surface area (Å²) in [6, 6.07) is 6.23. The number of hydrogen-bond acceptors (Lipinski definition) is 5. The van der Waals surface area contributed by atoms with E-state index in [4.69, 9.17) is 16.3 Å². The molecule has 1 fully saturated rings. The van der Waals surface area contributed by atoms with Gasteiger partial charge in [0.25, 0.3) is 5.91 Å². The molecule has 1 aliphatic heterocycles. The number of nitrogens with zero attached hydrogens (tertiary/aromatic N) is 1. The average molecular weight is 419 g/mol. The third-order valence-electron chi connectivity index (χ3n) is 5.26. The van der Waals surface area contributed by atoms with Crippen LogP contribution in [0.5, 0.6) is 0 Å². The molecule has 1 aliphatic carbocycles. The van der Waals surface area contributed by atoms with Crippen molar-refractivity contribution in [3.05, 3.63) is 47.0 Å². The summed E-state index contributed by atoms with van der Waals surface area (Å²) in [7, 11) is 0. The van der Waals surface area contributed by atoms with E-state index in [2.05, 4.69) is 5.32 Å². The number of likely N-dealkylation sites (tertiary alicyclic amines) is 1. The van der Waals surface area contributed by atoms with Crippen molar-refractivity contribution < 1.29 is 23.9 Å². The van der Waals surface area contributed by atoms with E-state index in [9.17, 15) is 19.2 Å². The molecular formula is C21H23ClN2O5. The molecule has 0 bridgehead atoms. The second kappa shape index (κ2) is 9.22. The van der Waals surface area contributed by atoms with Crippen LogP contribution in [-0.4, -0.2) is 47.8 Å². The maximum atomic E-state index is 12.5. The molecule has 8 heteroatoms. The third kappa shape index (κ3) is 4.85. The van der Waals surface area contributed by atoms with Crippen molar-refractivity contribution in [3.63, 3.8) is 0 Å². The van der Waals surface area contributed by atoms with Gasteiger partial charge >= 0.3 is 5.97 Å². The number of nitrogens with one attached hydrogen (secondary N) is 1. The molecule has 7 nitrogen and oxygen atoms in total. The number of esters is 1. The van der Waals surface area contributed by atoms with Crippen LogP contribution in [0.2, 0.25) is 5.02 Å². The number of fused-ring (bicyclic) bond motifs is 1. The average Bonchev–Trinajstić information content (AvgIpc) is 2.98. The minimum absolute atomic E-state index is 0.346. The lowest BCUT2D eigenvalue weighted by Gasteiger charge is -2.21. The van der Waals surface area contributed by atoms with E-state index < -0.39 is 36.4 Å². The molecule has 0 saturated carbocycles. The Hall–Kier alpha value is -2.67. The smallest absolute Gasteiger partial charge is 0.329 e. The van der Waals surface area contributed by atoms with Crippen LogP contribution in [-0.2, 0) is 30.3 Å². The van der Waals surface area contributed by atoms with Gasteiger partial charge in [0.15, 0.2) is 6.61 Å². The Morgan fingerprint density at radius 1 is 1.14 bits per heavy atom. The Morgan fingerprint density at radius 3 is 2.31 bits per heavy atom. The van der Waals surface area contributed by atoms with Crippen molar-refractivity contribution in [2.45, 2.75) is 32.2 Å². The summed E-state index contributed by atoms with van der Waals surface area (Å²) in [5, 5.41) is 3.31. The van der Waals surface area contributed by atoms with Crippen molar-refractivity contribution in [2.75, 3.05) is 13.2 Å². The summed E-state index contributed by atoms with van der Waals surface area (Å²) in [5.74, 6) is -2.72. The predicted molar refractivity (Wildman–Crippen MR) is 106 cm³/mol. The molecule has 3 atom stereocenters. The Kier molecular flexibility index (Phi) is 6.69. The van der Waals surface area contributed by atoms with Crippen LogP contribution in [0.3, 0.4) is 0 Å². The zero-order chi connectivity index (χ0) is 21.0. The first-order valence-corrected chi connectivity index (χ1v) is 9.96. The first-order valence-electron chi connectivity index (χ1n) is 9.58. The fourth-order valence-corrected chi connectivity index (χ4v) is 3.74. The molecule has 0 unspecified atom stereocenters. The van der Waals surface area contributed by atoms with Crippen molar-refractivity contribution >= 4 is 35.3 Å². The SMILES string of the molecule is C[C@@H](C(=O)OCC(=O)NCCc1ccc(Cl)cc1)N1C(=O)[C@H]2CC=CC[C@@H]2C1=O. The molecule has 1 aromatic carbocycles. The Balaban J connectivity index is 1.43. The lowest BCUT2D eigenvalue weighted by molar-refractivity contribution is -0.159. The molecule has 154 valence electrons. The van der Waals surface area contributed by atoms with Crippen LogP contribution in [0.15, 0.2) is 36.4 Å². The van der Waals surface area contributed by atoms with E-state index in [1.165, 1.54) is 6.92 Å². The van der Waals surface area contributed by atoms with Gasteiger partial charge in [0.05, 0.1) is 11.8 Å². The molecular weight excluding hydrogens is 396 g/mol. The van der Waals surface area contributed by atoms with Crippen molar-refractivity contribution in [3.8, 4) is 0 Å². The highest BCUT2D eigenvalue weighted by Crippen LogP contribution is 2.36.